The summed E-state index contributed by atoms with van der Waals surface area (Å²) in [4.78, 5) is 17.4. The molecule has 2 aromatic rings. The van der Waals surface area contributed by atoms with Crippen molar-refractivity contribution in [2.75, 3.05) is 45.5 Å². The first-order valence-corrected chi connectivity index (χ1v) is 13.6. The van der Waals surface area contributed by atoms with E-state index in [4.69, 9.17) is 0 Å². The average molecular weight is 471 g/mol. The lowest BCUT2D eigenvalue weighted by Gasteiger charge is -2.33. The second-order valence-corrected chi connectivity index (χ2v) is 11.1. The summed E-state index contributed by atoms with van der Waals surface area (Å²) in [5.41, 5.74) is 4.11. The van der Waals surface area contributed by atoms with Crippen LogP contribution in [0.5, 0.6) is 0 Å². The predicted octanol–water partition coefficient (Wildman–Crippen LogP) is 2.29. The van der Waals surface area contributed by atoms with Crippen LogP contribution in [0.4, 0.5) is 0 Å². The van der Waals surface area contributed by atoms with Crippen LogP contribution in [0, 0.1) is 0 Å². The van der Waals surface area contributed by atoms with E-state index < -0.39 is 10.0 Å². The highest BCUT2D eigenvalue weighted by atomic mass is 32.2. The van der Waals surface area contributed by atoms with Crippen molar-refractivity contribution < 1.29 is 13.2 Å². The molecule has 0 aromatic heterocycles. The molecule has 2 saturated heterocycles. The lowest BCUT2D eigenvalue weighted by molar-refractivity contribution is 0.0950. The van der Waals surface area contributed by atoms with Crippen molar-refractivity contribution in [3.8, 4) is 0 Å². The molecule has 4 rings (SSSR count). The molecule has 8 heteroatoms. The first-order valence-electron chi connectivity index (χ1n) is 11.7. The number of nitrogens with one attached hydrogen (secondary N) is 1. The van der Waals surface area contributed by atoms with Crippen LogP contribution in [0.3, 0.4) is 0 Å². The van der Waals surface area contributed by atoms with Gasteiger partial charge in [-0.1, -0.05) is 36.4 Å². The Balaban J connectivity index is 1.26. The molecule has 1 N–H and O–H groups in total. The fourth-order valence-corrected chi connectivity index (χ4v) is 5.36. The largest absolute Gasteiger partial charge is 0.348 e. The molecule has 0 aliphatic carbocycles. The molecule has 0 radical (unpaired) electrons. The fourth-order valence-electron chi connectivity index (χ4n) is 4.53. The monoisotopic (exact) mass is 470 g/mol. The molecule has 2 aromatic carbocycles. The van der Waals surface area contributed by atoms with Gasteiger partial charge in [-0.2, -0.15) is 4.31 Å². The van der Waals surface area contributed by atoms with Crippen LogP contribution in [0.15, 0.2) is 48.5 Å². The summed E-state index contributed by atoms with van der Waals surface area (Å²) in [6.45, 7) is 6.99. The van der Waals surface area contributed by atoms with Gasteiger partial charge >= 0.3 is 0 Å². The number of nitrogens with zero attached hydrogens (tertiary/aromatic N) is 3. The van der Waals surface area contributed by atoms with E-state index in [1.807, 2.05) is 24.3 Å². The lowest BCUT2D eigenvalue weighted by Crippen LogP contribution is -2.47. The zero-order valence-corrected chi connectivity index (χ0v) is 20.2. The van der Waals surface area contributed by atoms with Crippen molar-refractivity contribution in [1.29, 1.82) is 0 Å². The Morgan fingerprint density at radius 1 is 0.818 bits per heavy atom. The van der Waals surface area contributed by atoms with Crippen LogP contribution >= 0.6 is 0 Å². The molecule has 0 unspecified atom stereocenters. The van der Waals surface area contributed by atoms with Crippen LogP contribution in [0.1, 0.15) is 39.9 Å². The molecular weight excluding hydrogens is 436 g/mol. The van der Waals surface area contributed by atoms with Gasteiger partial charge in [0.1, 0.15) is 0 Å². The van der Waals surface area contributed by atoms with E-state index in [2.05, 4.69) is 39.4 Å². The fraction of sp³-hybridized carbons (Fsp3) is 0.480. The minimum Gasteiger partial charge on any atom is -0.348 e. The highest BCUT2D eigenvalue weighted by molar-refractivity contribution is 7.88. The topological polar surface area (TPSA) is 73.0 Å². The quantitative estimate of drug-likeness (QED) is 0.641. The van der Waals surface area contributed by atoms with Crippen molar-refractivity contribution in [2.24, 2.45) is 0 Å². The Hall–Kier alpha value is -2.26. The minimum atomic E-state index is -3.13. The van der Waals surface area contributed by atoms with Gasteiger partial charge in [0, 0.05) is 51.4 Å². The summed E-state index contributed by atoms with van der Waals surface area (Å²) in [5.74, 6) is -0.0834. The Morgan fingerprint density at radius 3 is 2.09 bits per heavy atom. The molecule has 2 fully saturated rings. The van der Waals surface area contributed by atoms with Gasteiger partial charge in [0.05, 0.1) is 6.26 Å². The maximum Gasteiger partial charge on any atom is 0.251 e. The summed E-state index contributed by atoms with van der Waals surface area (Å²) >= 11 is 0. The SMILES string of the molecule is CS(=O)(=O)N1CCN(Cc2cccc(C(=O)NCc3ccc(CN4CCCC4)cc3)c2)CC1. The van der Waals surface area contributed by atoms with E-state index in [9.17, 15) is 13.2 Å². The molecular formula is C25H34N4O3S. The van der Waals surface area contributed by atoms with Gasteiger partial charge < -0.3 is 5.32 Å². The maximum absolute atomic E-state index is 12.7. The van der Waals surface area contributed by atoms with Crippen LogP contribution in [-0.4, -0.2) is 74.0 Å². The first-order chi connectivity index (χ1) is 15.9. The summed E-state index contributed by atoms with van der Waals surface area (Å²) in [7, 11) is -3.13. The van der Waals surface area contributed by atoms with Crippen molar-refractivity contribution in [1.82, 2.24) is 19.4 Å². The molecule has 2 aliphatic rings. The number of hydrogen-bond donors (Lipinski definition) is 1. The third-order valence-corrected chi connectivity index (χ3v) is 7.78. The van der Waals surface area contributed by atoms with Crippen LogP contribution < -0.4 is 5.32 Å². The maximum atomic E-state index is 12.7. The van der Waals surface area contributed by atoms with E-state index in [0.717, 1.165) is 17.7 Å². The normalized spacial score (nSPS) is 18.5. The third-order valence-electron chi connectivity index (χ3n) is 6.48. The van der Waals surface area contributed by atoms with Gasteiger partial charge in [-0.05, 0) is 54.8 Å². The number of likely N-dealkylation sites (tertiary alicyclic amines) is 1. The molecule has 0 spiro atoms. The Bertz CT molecular complexity index is 1040. The number of benzene rings is 2. The van der Waals surface area contributed by atoms with Gasteiger partial charge in [0.25, 0.3) is 5.91 Å². The number of carbonyl (C=O) groups excluding carboxylic acids is 1. The average Bonchev–Trinajstić information content (AvgIpc) is 3.31. The van der Waals surface area contributed by atoms with Crippen molar-refractivity contribution in [2.45, 2.75) is 32.5 Å². The predicted molar refractivity (Wildman–Crippen MR) is 130 cm³/mol. The number of piperazine rings is 1. The summed E-state index contributed by atoms with van der Waals surface area (Å²) in [6, 6.07) is 16.2. The molecule has 0 bridgehead atoms. The van der Waals surface area contributed by atoms with Gasteiger partial charge in [-0.25, -0.2) is 8.42 Å². The second kappa shape index (κ2) is 10.8. The smallest absolute Gasteiger partial charge is 0.251 e. The molecule has 7 nitrogen and oxygen atoms in total. The van der Waals surface area contributed by atoms with E-state index >= 15 is 0 Å². The summed E-state index contributed by atoms with van der Waals surface area (Å²) < 4.78 is 24.9. The van der Waals surface area contributed by atoms with E-state index in [1.54, 1.807) is 0 Å². The molecule has 1 amide bonds. The van der Waals surface area contributed by atoms with E-state index in [-0.39, 0.29) is 5.91 Å². The Kier molecular flexibility index (Phi) is 7.80. The van der Waals surface area contributed by atoms with Gasteiger partial charge in [-0.15, -0.1) is 0 Å². The lowest BCUT2D eigenvalue weighted by atomic mass is 10.1. The minimum absolute atomic E-state index is 0.0834. The number of hydrogen-bond acceptors (Lipinski definition) is 5. The molecule has 2 aliphatic heterocycles. The molecule has 178 valence electrons. The second-order valence-electron chi connectivity index (χ2n) is 9.12. The Morgan fingerprint density at radius 2 is 1.42 bits per heavy atom. The first kappa shape index (κ1) is 23.9. The number of carbonyl (C=O) groups is 1. The highest BCUT2D eigenvalue weighted by Gasteiger charge is 2.23. The van der Waals surface area contributed by atoms with Crippen molar-refractivity contribution in [3.63, 3.8) is 0 Å². The van der Waals surface area contributed by atoms with Crippen molar-refractivity contribution >= 4 is 15.9 Å². The Labute approximate surface area is 197 Å². The number of rotatable bonds is 8. The zero-order chi connectivity index (χ0) is 23.3. The summed E-state index contributed by atoms with van der Waals surface area (Å²) in [6.07, 6.45) is 3.85. The van der Waals surface area contributed by atoms with Crippen molar-refractivity contribution in [3.05, 3.63) is 70.8 Å². The number of amides is 1. The van der Waals surface area contributed by atoms with Gasteiger partial charge in [-0.3, -0.25) is 14.6 Å². The molecule has 0 atom stereocenters. The third kappa shape index (κ3) is 6.86. The van der Waals surface area contributed by atoms with Crippen LogP contribution in [0.2, 0.25) is 0 Å². The molecule has 2 heterocycles. The number of sulfonamides is 1. The standard InChI is InChI=1S/C25H34N4O3S/c1-33(31,32)29-15-13-28(14-16-29)20-23-5-4-6-24(17-23)25(30)26-18-21-7-9-22(10-8-21)19-27-11-2-3-12-27/h4-10,17H,2-3,11-16,18-20H2,1H3,(H,26,30). The van der Waals surface area contributed by atoms with Crippen LogP contribution in [-0.2, 0) is 29.7 Å². The van der Waals surface area contributed by atoms with Gasteiger partial charge in [0.15, 0.2) is 0 Å². The highest BCUT2D eigenvalue weighted by Crippen LogP contribution is 2.15. The zero-order valence-electron chi connectivity index (χ0n) is 19.4. The van der Waals surface area contributed by atoms with E-state index in [0.29, 0.717) is 44.8 Å². The van der Waals surface area contributed by atoms with Crippen LogP contribution in [0.25, 0.3) is 0 Å². The summed E-state index contributed by atoms with van der Waals surface area (Å²) in [5, 5.41) is 3.02. The van der Waals surface area contributed by atoms with E-state index in [1.165, 1.54) is 42.1 Å². The van der Waals surface area contributed by atoms with Gasteiger partial charge in [0.2, 0.25) is 10.0 Å². The molecule has 0 saturated carbocycles. The molecule has 33 heavy (non-hydrogen) atoms.